The Kier molecular flexibility index (Phi) is 3.17. The first kappa shape index (κ1) is 13.3. The number of carbonyl (C=O) groups is 1. The number of imidazole rings is 1. The number of nitro groups is 1. The maximum atomic E-state index is 11.4. The monoisotopic (exact) mass is 268 g/mol. The molecule has 2 unspecified atom stereocenters. The van der Waals surface area contributed by atoms with Gasteiger partial charge in [-0.25, -0.2) is 0 Å². The van der Waals surface area contributed by atoms with Crippen LogP contribution in [0.1, 0.15) is 26.2 Å². The molecule has 0 saturated heterocycles. The number of aryl methyl sites for hydroxylation is 1. The number of nitrogens with zero attached hydrogens (tertiary/aromatic N) is 3. The van der Waals surface area contributed by atoms with Gasteiger partial charge in [-0.15, -0.1) is 0 Å². The molecule has 1 aromatic heterocycles. The molecule has 0 bridgehead atoms. The van der Waals surface area contributed by atoms with E-state index in [-0.39, 0.29) is 17.7 Å². The lowest BCUT2D eigenvalue weighted by Gasteiger charge is -2.28. The highest BCUT2D eigenvalue weighted by atomic mass is 16.6. The highest BCUT2D eigenvalue weighted by molar-refractivity contribution is 5.76. The molecule has 1 aromatic rings. The third kappa shape index (κ3) is 2.13. The van der Waals surface area contributed by atoms with Crippen molar-refractivity contribution >= 4 is 17.6 Å². The molecular formula is C11H16N4O4. The standard InChI is InChI=1S/C11H16N4O4/c1-11(10(16)17)5-3-4-7(11)13-9-8(15(18)19)12-6-14(9)2/h6-7,13H,3-5H2,1-2H3,(H,16,17). The molecule has 1 heterocycles. The maximum Gasteiger partial charge on any atom is 0.406 e. The van der Waals surface area contributed by atoms with Crippen LogP contribution in [0.2, 0.25) is 0 Å². The van der Waals surface area contributed by atoms with Crippen molar-refractivity contribution in [3.05, 3.63) is 16.4 Å². The smallest absolute Gasteiger partial charge is 0.406 e. The summed E-state index contributed by atoms with van der Waals surface area (Å²) in [4.78, 5) is 25.4. The summed E-state index contributed by atoms with van der Waals surface area (Å²) in [7, 11) is 1.63. The summed E-state index contributed by atoms with van der Waals surface area (Å²) in [6.45, 7) is 1.67. The minimum absolute atomic E-state index is 0.254. The van der Waals surface area contributed by atoms with Crippen LogP contribution >= 0.6 is 0 Å². The molecule has 2 rings (SSSR count). The van der Waals surface area contributed by atoms with E-state index in [0.717, 1.165) is 6.42 Å². The molecule has 0 aromatic carbocycles. The summed E-state index contributed by atoms with van der Waals surface area (Å²) in [5.41, 5.74) is -0.905. The Balaban J connectivity index is 2.29. The van der Waals surface area contributed by atoms with Crippen LogP contribution in [0.3, 0.4) is 0 Å². The fraction of sp³-hybridized carbons (Fsp3) is 0.636. The van der Waals surface area contributed by atoms with Crippen molar-refractivity contribution in [3.8, 4) is 0 Å². The molecule has 19 heavy (non-hydrogen) atoms. The zero-order valence-electron chi connectivity index (χ0n) is 10.8. The molecule has 0 amide bonds. The third-order valence-electron chi connectivity index (χ3n) is 3.85. The van der Waals surface area contributed by atoms with E-state index in [1.807, 2.05) is 0 Å². The lowest BCUT2D eigenvalue weighted by atomic mass is 9.85. The topological polar surface area (TPSA) is 110 Å². The molecule has 0 spiro atoms. The fourth-order valence-corrected chi connectivity index (χ4v) is 2.54. The van der Waals surface area contributed by atoms with Crippen LogP contribution in [0, 0.1) is 15.5 Å². The third-order valence-corrected chi connectivity index (χ3v) is 3.85. The van der Waals surface area contributed by atoms with Crippen LogP contribution in [0.4, 0.5) is 11.6 Å². The molecule has 0 radical (unpaired) electrons. The van der Waals surface area contributed by atoms with Gasteiger partial charge in [0.15, 0.2) is 0 Å². The highest BCUT2D eigenvalue weighted by Crippen LogP contribution is 2.40. The Bertz CT molecular complexity index is 527. The predicted octanol–water partition coefficient (Wildman–Crippen LogP) is 1.38. The average Bonchev–Trinajstić information content (AvgIpc) is 2.86. The van der Waals surface area contributed by atoms with Gasteiger partial charge in [-0.3, -0.25) is 9.36 Å². The predicted molar refractivity (Wildman–Crippen MR) is 66.9 cm³/mol. The molecule has 1 saturated carbocycles. The highest BCUT2D eigenvalue weighted by Gasteiger charge is 2.46. The van der Waals surface area contributed by atoms with Gasteiger partial charge in [0, 0.05) is 13.1 Å². The number of aliphatic carboxylic acids is 1. The second kappa shape index (κ2) is 4.52. The Hall–Kier alpha value is -2.12. The van der Waals surface area contributed by atoms with Gasteiger partial charge in [-0.05, 0) is 29.7 Å². The van der Waals surface area contributed by atoms with Crippen LogP contribution in [0.15, 0.2) is 6.33 Å². The lowest BCUT2D eigenvalue weighted by molar-refractivity contribution is -0.388. The number of hydrogen-bond donors (Lipinski definition) is 2. The van der Waals surface area contributed by atoms with Crippen molar-refractivity contribution < 1.29 is 14.8 Å². The number of carboxylic acids is 1. The van der Waals surface area contributed by atoms with Gasteiger partial charge < -0.3 is 20.5 Å². The molecule has 1 aliphatic rings. The Labute approximate surface area is 109 Å². The Morgan fingerprint density at radius 3 is 3.00 bits per heavy atom. The number of anilines is 1. The molecule has 104 valence electrons. The van der Waals surface area contributed by atoms with E-state index >= 15 is 0 Å². The average molecular weight is 268 g/mol. The largest absolute Gasteiger partial charge is 0.481 e. The number of carboxylic acid groups (broad SMARTS) is 1. The van der Waals surface area contributed by atoms with Crippen molar-refractivity contribution in [1.82, 2.24) is 9.55 Å². The SMILES string of the molecule is Cn1cnc([N+](=O)[O-])c1NC1CCCC1(C)C(=O)O. The Morgan fingerprint density at radius 1 is 1.74 bits per heavy atom. The fourth-order valence-electron chi connectivity index (χ4n) is 2.54. The summed E-state index contributed by atoms with van der Waals surface area (Å²) in [5.74, 6) is -0.904. The summed E-state index contributed by atoms with van der Waals surface area (Å²) < 4.78 is 1.50. The van der Waals surface area contributed by atoms with E-state index in [2.05, 4.69) is 10.3 Å². The minimum atomic E-state index is -0.905. The van der Waals surface area contributed by atoms with E-state index in [4.69, 9.17) is 0 Å². The van der Waals surface area contributed by atoms with Crippen LogP contribution in [0.25, 0.3) is 0 Å². The Morgan fingerprint density at radius 2 is 2.42 bits per heavy atom. The number of rotatable bonds is 4. The van der Waals surface area contributed by atoms with Crippen molar-refractivity contribution in [2.24, 2.45) is 12.5 Å². The van der Waals surface area contributed by atoms with Gasteiger partial charge >= 0.3 is 11.8 Å². The molecule has 2 N–H and O–H groups in total. The lowest BCUT2D eigenvalue weighted by Crippen LogP contribution is -2.40. The summed E-state index contributed by atoms with van der Waals surface area (Å²) >= 11 is 0. The first-order valence-corrected chi connectivity index (χ1v) is 6.02. The van der Waals surface area contributed by atoms with E-state index in [1.165, 1.54) is 10.9 Å². The van der Waals surface area contributed by atoms with E-state index in [1.54, 1.807) is 14.0 Å². The normalized spacial score (nSPS) is 26.3. The number of hydrogen-bond acceptors (Lipinski definition) is 5. The molecule has 8 heteroatoms. The molecular weight excluding hydrogens is 252 g/mol. The van der Waals surface area contributed by atoms with Crippen molar-refractivity contribution in [2.75, 3.05) is 5.32 Å². The van der Waals surface area contributed by atoms with E-state index in [9.17, 15) is 20.0 Å². The number of nitrogens with one attached hydrogen (secondary N) is 1. The van der Waals surface area contributed by atoms with Gasteiger partial charge in [0.05, 0.1) is 5.41 Å². The van der Waals surface area contributed by atoms with Gasteiger partial charge in [0.1, 0.15) is 0 Å². The first-order valence-electron chi connectivity index (χ1n) is 6.02. The summed E-state index contributed by atoms with van der Waals surface area (Å²) in [5, 5.41) is 23.2. The van der Waals surface area contributed by atoms with Crippen LogP contribution < -0.4 is 5.32 Å². The zero-order valence-corrected chi connectivity index (χ0v) is 10.8. The van der Waals surface area contributed by atoms with Gasteiger partial charge in [0.25, 0.3) is 0 Å². The maximum absolute atomic E-state index is 11.4. The molecule has 8 nitrogen and oxygen atoms in total. The van der Waals surface area contributed by atoms with Crippen molar-refractivity contribution in [3.63, 3.8) is 0 Å². The summed E-state index contributed by atoms with van der Waals surface area (Å²) in [6.07, 6.45) is 3.36. The van der Waals surface area contributed by atoms with E-state index < -0.39 is 16.3 Å². The molecule has 1 aliphatic carbocycles. The van der Waals surface area contributed by atoms with Gasteiger partial charge in [-0.2, -0.15) is 0 Å². The summed E-state index contributed by atoms with van der Waals surface area (Å²) in [6, 6.07) is -0.334. The van der Waals surface area contributed by atoms with E-state index in [0.29, 0.717) is 12.8 Å². The minimum Gasteiger partial charge on any atom is -0.481 e. The van der Waals surface area contributed by atoms with Gasteiger partial charge in [0.2, 0.25) is 12.1 Å². The van der Waals surface area contributed by atoms with Gasteiger partial charge in [-0.1, -0.05) is 6.42 Å². The van der Waals surface area contributed by atoms with Crippen LogP contribution in [-0.4, -0.2) is 31.6 Å². The number of aromatic nitrogens is 2. The zero-order chi connectivity index (χ0) is 14.2. The van der Waals surface area contributed by atoms with Crippen LogP contribution in [0.5, 0.6) is 0 Å². The second-order valence-electron chi connectivity index (χ2n) is 5.10. The molecule has 0 aliphatic heterocycles. The van der Waals surface area contributed by atoms with Crippen LogP contribution in [-0.2, 0) is 11.8 Å². The first-order chi connectivity index (χ1) is 8.86. The van der Waals surface area contributed by atoms with Crippen molar-refractivity contribution in [1.29, 1.82) is 0 Å². The molecule has 1 fully saturated rings. The quantitative estimate of drug-likeness (QED) is 0.630. The van der Waals surface area contributed by atoms with Crippen molar-refractivity contribution in [2.45, 2.75) is 32.2 Å². The molecule has 2 atom stereocenters. The second-order valence-corrected chi connectivity index (χ2v) is 5.10.